The molecule has 31 heavy (non-hydrogen) atoms. The Balaban J connectivity index is 1.72. The van der Waals surface area contributed by atoms with E-state index in [4.69, 9.17) is 4.42 Å². The van der Waals surface area contributed by atoms with E-state index in [1.165, 1.54) is 29.8 Å². The zero-order chi connectivity index (χ0) is 21.5. The van der Waals surface area contributed by atoms with Gasteiger partial charge in [0.1, 0.15) is 11.5 Å². The first-order valence-electron chi connectivity index (χ1n) is 9.73. The summed E-state index contributed by atoms with van der Waals surface area (Å²) in [5, 5.41) is 2.92. The van der Waals surface area contributed by atoms with Gasteiger partial charge in [0.15, 0.2) is 6.04 Å². The van der Waals surface area contributed by atoms with Crippen LogP contribution in [0.25, 0.3) is 0 Å². The van der Waals surface area contributed by atoms with Crippen molar-refractivity contribution in [1.29, 1.82) is 0 Å². The standard InChI is InChI=1S/C24H20N4O3/c29-23(27-16-18-8-3-1-4-9-18)22(21-12-7-15-31-21)28(19-10-5-2-6-11-19)24(30)20-17-25-13-14-26-20/h1-15,17,22H,16H2,(H,27,29)/t22-/m0/s1. The second-order valence-corrected chi connectivity index (χ2v) is 6.72. The number of hydrogen-bond acceptors (Lipinski definition) is 5. The molecule has 2 heterocycles. The van der Waals surface area contributed by atoms with Crippen LogP contribution in [0.1, 0.15) is 27.9 Å². The van der Waals surface area contributed by atoms with E-state index in [0.717, 1.165) is 5.56 Å². The maximum absolute atomic E-state index is 13.5. The summed E-state index contributed by atoms with van der Waals surface area (Å²) < 4.78 is 5.57. The van der Waals surface area contributed by atoms with Crippen LogP contribution in [0.2, 0.25) is 0 Å². The molecule has 0 aliphatic heterocycles. The fourth-order valence-electron chi connectivity index (χ4n) is 3.21. The summed E-state index contributed by atoms with van der Waals surface area (Å²) >= 11 is 0. The van der Waals surface area contributed by atoms with Crippen LogP contribution in [0.4, 0.5) is 5.69 Å². The minimum absolute atomic E-state index is 0.124. The predicted octanol–water partition coefficient (Wildman–Crippen LogP) is 3.77. The van der Waals surface area contributed by atoms with Crippen LogP contribution in [0.15, 0.2) is 102 Å². The van der Waals surface area contributed by atoms with Gasteiger partial charge in [-0.1, -0.05) is 48.5 Å². The minimum atomic E-state index is -1.03. The molecule has 0 radical (unpaired) electrons. The number of hydrogen-bond donors (Lipinski definition) is 1. The van der Waals surface area contributed by atoms with Gasteiger partial charge in [-0.25, -0.2) is 4.98 Å². The molecule has 0 saturated carbocycles. The Bertz CT molecular complexity index is 1120. The number of anilines is 1. The van der Waals surface area contributed by atoms with Gasteiger partial charge >= 0.3 is 0 Å². The fraction of sp³-hybridized carbons (Fsp3) is 0.0833. The van der Waals surface area contributed by atoms with Crippen molar-refractivity contribution < 1.29 is 14.0 Å². The Hall–Kier alpha value is -4.26. The first-order chi connectivity index (χ1) is 15.2. The molecule has 1 atom stereocenters. The van der Waals surface area contributed by atoms with Gasteiger partial charge in [-0.15, -0.1) is 0 Å². The van der Waals surface area contributed by atoms with Crippen LogP contribution in [-0.4, -0.2) is 21.8 Å². The Kier molecular flexibility index (Phi) is 6.13. The molecule has 4 rings (SSSR count). The summed E-state index contributed by atoms with van der Waals surface area (Å²) in [7, 11) is 0. The molecular weight excluding hydrogens is 392 g/mol. The lowest BCUT2D eigenvalue weighted by Crippen LogP contribution is -2.44. The molecule has 4 aromatic rings. The van der Waals surface area contributed by atoms with E-state index in [0.29, 0.717) is 18.0 Å². The highest BCUT2D eigenvalue weighted by Crippen LogP contribution is 2.29. The third-order valence-corrected chi connectivity index (χ3v) is 4.66. The maximum Gasteiger partial charge on any atom is 0.279 e. The number of carbonyl (C=O) groups is 2. The largest absolute Gasteiger partial charge is 0.467 e. The van der Waals surface area contributed by atoms with Crippen LogP contribution >= 0.6 is 0 Å². The molecular formula is C24H20N4O3. The molecule has 2 amide bonds. The van der Waals surface area contributed by atoms with Crippen molar-refractivity contribution in [1.82, 2.24) is 15.3 Å². The van der Waals surface area contributed by atoms with Crippen molar-refractivity contribution in [2.75, 3.05) is 4.90 Å². The van der Waals surface area contributed by atoms with Crippen molar-refractivity contribution >= 4 is 17.5 Å². The Morgan fingerprint density at radius 2 is 1.68 bits per heavy atom. The van der Waals surface area contributed by atoms with Crippen molar-refractivity contribution in [2.24, 2.45) is 0 Å². The number of benzene rings is 2. The summed E-state index contributed by atoms with van der Waals surface area (Å²) in [6.45, 7) is 0.318. The van der Waals surface area contributed by atoms with E-state index in [1.807, 2.05) is 36.4 Å². The Morgan fingerprint density at radius 3 is 2.32 bits per heavy atom. The molecule has 7 heteroatoms. The van der Waals surface area contributed by atoms with Crippen LogP contribution < -0.4 is 10.2 Å². The second-order valence-electron chi connectivity index (χ2n) is 6.72. The van der Waals surface area contributed by atoms with E-state index in [-0.39, 0.29) is 11.6 Å². The van der Waals surface area contributed by atoms with E-state index < -0.39 is 11.9 Å². The van der Waals surface area contributed by atoms with E-state index in [9.17, 15) is 9.59 Å². The molecule has 0 aliphatic rings. The highest BCUT2D eigenvalue weighted by molar-refractivity contribution is 6.08. The second kappa shape index (κ2) is 9.49. The average molecular weight is 412 g/mol. The van der Waals surface area contributed by atoms with Crippen molar-refractivity contribution in [3.63, 3.8) is 0 Å². The lowest BCUT2D eigenvalue weighted by atomic mass is 10.1. The first kappa shape index (κ1) is 20.0. The monoisotopic (exact) mass is 412 g/mol. The highest BCUT2D eigenvalue weighted by atomic mass is 16.3. The smallest absolute Gasteiger partial charge is 0.279 e. The van der Waals surface area contributed by atoms with Gasteiger partial charge in [-0.3, -0.25) is 19.5 Å². The quantitative estimate of drug-likeness (QED) is 0.499. The molecule has 0 saturated heterocycles. The van der Waals surface area contributed by atoms with E-state index in [1.54, 1.807) is 36.4 Å². The first-order valence-corrected chi connectivity index (χ1v) is 9.73. The number of amides is 2. The number of carbonyl (C=O) groups excluding carboxylic acids is 2. The summed E-state index contributed by atoms with van der Waals surface area (Å²) in [6, 6.07) is 20.8. The highest BCUT2D eigenvalue weighted by Gasteiger charge is 2.35. The molecule has 2 aromatic heterocycles. The van der Waals surface area contributed by atoms with Crippen LogP contribution in [0.3, 0.4) is 0 Å². The third kappa shape index (κ3) is 4.67. The van der Waals surface area contributed by atoms with Gasteiger partial charge < -0.3 is 9.73 Å². The number of nitrogens with one attached hydrogen (secondary N) is 1. The van der Waals surface area contributed by atoms with E-state index >= 15 is 0 Å². The summed E-state index contributed by atoms with van der Waals surface area (Å²) in [5.41, 5.74) is 1.61. The molecule has 0 spiro atoms. The minimum Gasteiger partial charge on any atom is -0.467 e. The molecule has 7 nitrogen and oxygen atoms in total. The van der Waals surface area contributed by atoms with Gasteiger partial charge in [0.2, 0.25) is 0 Å². The number of para-hydroxylation sites is 1. The molecule has 2 aromatic carbocycles. The zero-order valence-electron chi connectivity index (χ0n) is 16.6. The number of aromatic nitrogens is 2. The molecule has 0 aliphatic carbocycles. The molecule has 0 bridgehead atoms. The molecule has 154 valence electrons. The fourth-order valence-corrected chi connectivity index (χ4v) is 3.21. The SMILES string of the molecule is O=C(NCc1ccccc1)[C@H](c1ccco1)N(C(=O)c1cnccn1)c1ccccc1. The lowest BCUT2D eigenvalue weighted by Gasteiger charge is -2.29. The third-order valence-electron chi connectivity index (χ3n) is 4.66. The molecule has 0 unspecified atom stereocenters. The van der Waals surface area contributed by atoms with E-state index in [2.05, 4.69) is 15.3 Å². The zero-order valence-corrected chi connectivity index (χ0v) is 16.6. The van der Waals surface area contributed by atoms with Crippen molar-refractivity contribution in [3.8, 4) is 0 Å². The van der Waals surface area contributed by atoms with Crippen LogP contribution in [0, 0.1) is 0 Å². The van der Waals surface area contributed by atoms with Gasteiger partial charge in [0.05, 0.1) is 12.5 Å². The summed E-state index contributed by atoms with van der Waals surface area (Å²) in [5.74, 6) is -0.498. The number of furan rings is 1. The normalized spacial score (nSPS) is 11.5. The molecule has 1 N–H and O–H groups in total. The van der Waals surface area contributed by atoms with Gasteiger partial charge in [-0.2, -0.15) is 0 Å². The number of nitrogens with zero attached hydrogens (tertiary/aromatic N) is 3. The summed E-state index contributed by atoms with van der Waals surface area (Å²) in [4.78, 5) is 36.3. The predicted molar refractivity (Wildman–Crippen MR) is 115 cm³/mol. The van der Waals surface area contributed by atoms with Crippen LogP contribution in [-0.2, 0) is 11.3 Å². The van der Waals surface area contributed by atoms with Gasteiger partial charge in [0.25, 0.3) is 11.8 Å². The average Bonchev–Trinajstić information content (AvgIpc) is 3.37. The Labute approximate surface area is 179 Å². The molecule has 0 fully saturated rings. The maximum atomic E-state index is 13.5. The lowest BCUT2D eigenvalue weighted by molar-refractivity contribution is -0.123. The van der Waals surface area contributed by atoms with Crippen molar-refractivity contribution in [2.45, 2.75) is 12.6 Å². The van der Waals surface area contributed by atoms with Crippen LogP contribution in [0.5, 0.6) is 0 Å². The topological polar surface area (TPSA) is 88.3 Å². The summed E-state index contributed by atoms with van der Waals surface area (Å²) in [6.07, 6.45) is 5.77. The Morgan fingerprint density at radius 1 is 0.935 bits per heavy atom. The number of rotatable bonds is 7. The van der Waals surface area contributed by atoms with Gasteiger partial charge in [-0.05, 0) is 29.8 Å². The van der Waals surface area contributed by atoms with Gasteiger partial charge in [0, 0.05) is 24.6 Å². The van der Waals surface area contributed by atoms with Crippen molar-refractivity contribution in [3.05, 3.63) is 115 Å².